The first kappa shape index (κ1) is 15.5. The van der Waals surface area contributed by atoms with Crippen LogP contribution in [0.5, 0.6) is 0 Å². The number of hydrogen-bond acceptors (Lipinski definition) is 4. The van der Waals surface area contributed by atoms with E-state index in [0.29, 0.717) is 6.10 Å². The molecule has 0 unspecified atom stereocenters. The predicted octanol–water partition coefficient (Wildman–Crippen LogP) is 2.75. The first-order valence-corrected chi connectivity index (χ1v) is 8.48. The number of nitrogens with one attached hydrogen (secondary N) is 1. The van der Waals surface area contributed by atoms with Crippen LogP contribution in [0, 0.1) is 5.92 Å². The second-order valence-electron chi connectivity index (χ2n) is 6.43. The van der Waals surface area contributed by atoms with Gasteiger partial charge in [0.05, 0.1) is 12.7 Å². The number of anilines is 1. The van der Waals surface area contributed by atoms with E-state index in [0.717, 1.165) is 44.5 Å². The number of morpholine rings is 1. The van der Waals surface area contributed by atoms with Crippen LogP contribution >= 0.6 is 0 Å². The van der Waals surface area contributed by atoms with Crippen molar-refractivity contribution in [2.45, 2.75) is 38.8 Å². The molecule has 1 N–H and O–H groups in total. The van der Waals surface area contributed by atoms with Crippen LogP contribution in [0.1, 0.15) is 31.7 Å². The van der Waals surface area contributed by atoms with Crippen molar-refractivity contribution < 1.29 is 4.74 Å². The van der Waals surface area contributed by atoms with E-state index in [1.165, 1.54) is 24.8 Å². The van der Waals surface area contributed by atoms with Crippen LogP contribution in [0.25, 0.3) is 0 Å². The SMILES string of the molecule is C[C@H]1CN(c2ccc(CNC[C@@H]3CC=CCC3)cn2)CCO1. The smallest absolute Gasteiger partial charge is 0.128 e. The molecular formula is C18H27N3O. The van der Waals surface area contributed by atoms with E-state index in [1.807, 2.05) is 6.20 Å². The lowest BCUT2D eigenvalue weighted by Crippen LogP contribution is -2.41. The molecule has 3 rings (SSSR count). The number of ether oxygens (including phenoxy) is 1. The molecule has 2 aliphatic rings. The van der Waals surface area contributed by atoms with Gasteiger partial charge in [0.2, 0.25) is 0 Å². The van der Waals surface area contributed by atoms with E-state index in [2.05, 4.69) is 46.4 Å². The molecule has 0 saturated carbocycles. The Bertz CT molecular complexity index is 486. The molecular weight excluding hydrogens is 274 g/mol. The van der Waals surface area contributed by atoms with Gasteiger partial charge in [0.25, 0.3) is 0 Å². The summed E-state index contributed by atoms with van der Waals surface area (Å²) in [5.74, 6) is 1.86. The zero-order valence-corrected chi connectivity index (χ0v) is 13.5. The number of allylic oxidation sites excluding steroid dienone is 2. The topological polar surface area (TPSA) is 37.4 Å². The third-order valence-electron chi connectivity index (χ3n) is 4.51. The van der Waals surface area contributed by atoms with Gasteiger partial charge < -0.3 is 15.0 Å². The molecule has 22 heavy (non-hydrogen) atoms. The highest BCUT2D eigenvalue weighted by Gasteiger charge is 2.17. The van der Waals surface area contributed by atoms with Crippen molar-refractivity contribution in [3.05, 3.63) is 36.0 Å². The van der Waals surface area contributed by atoms with Crippen LogP contribution in [-0.2, 0) is 11.3 Å². The van der Waals surface area contributed by atoms with Crippen LogP contribution in [0.15, 0.2) is 30.5 Å². The molecule has 0 amide bonds. The van der Waals surface area contributed by atoms with E-state index in [9.17, 15) is 0 Å². The summed E-state index contributed by atoms with van der Waals surface area (Å²) in [7, 11) is 0. The number of aromatic nitrogens is 1. The maximum absolute atomic E-state index is 5.58. The Labute approximate surface area is 133 Å². The zero-order valence-electron chi connectivity index (χ0n) is 13.5. The molecule has 1 saturated heterocycles. The Kier molecular flexibility index (Phi) is 5.46. The first-order chi connectivity index (χ1) is 10.8. The van der Waals surface area contributed by atoms with Crippen molar-refractivity contribution in [2.75, 3.05) is 31.1 Å². The van der Waals surface area contributed by atoms with Crippen molar-refractivity contribution in [2.24, 2.45) is 5.92 Å². The van der Waals surface area contributed by atoms with Gasteiger partial charge in [-0.1, -0.05) is 18.2 Å². The Morgan fingerprint density at radius 2 is 2.32 bits per heavy atom. The molecule has 1 aliphatic heterocycles. The Morgan fingerprint density at radius 1 is 1.36 bits per heavy atom. The van der Waals surface area contributed by atoms with Gasteiger partial charge in [0, 0.05) is 25.8 Å². The monoisotopic (exact) mass is 301 g/mol. The minimum atomic E-state index is 0.293. The van der Waals surface area contributed by atoms with Gasteiger partial charge in [-0.25, -0.2) is 4.98 Å². The number of rotatable bonds is 5. The first-order valence-electron chi connectivity index (χ1n) is 8.48. The van der Waals surface area contributed by atoms with Crippen molar-refractivity contribution in [1.82, 2.24) is 10.3 Å². The highest BCUT2D eigenvalue weighted by molar-refractivity contribution is 5.39. The fraction of sp³-hybridized carbons (Fsp3) is 0.611. The molecule has 0 radical (unpaired) electrons. The molecule has 0 spiro atoms. The molecule has 1 fully saturated rings. The maximum Gasteiger partial charge on any atom is 0.128 e. The summed E-state index contributed by atoms with van der Waals surface area (Å²) < 4.78 is 5.58. The molecule has 0 aromatic carbocycles. The fourth-order valence-electron chi connectivity index (χ4n) is 3.20. The van der Waals surface area contributed by atoms with Crippen molar-refractivity contribution in [3.63, 3.8) is 0 Å². The van der Waals surface area contributed by atoms with Crippen LogP contribution in [-0.4, -0.2) is 37.3 Å². The maximum atomic E-state index is 5.58. The minimum Gasteiger partial charge on any atom is -0.375 e. The summed E-state index contributed by atoms with van der Waals surface area (Å²) in [5.41, 5.74) is 1.26. The second-order valence-corrected chi connectivity index (χ2v) is 6.43. The average Bonchev–Trinajstić information content (AvgIpc) is 2.56. The highest BCUT2D eigenvalue weighted by Crippen LogP contribution is 2.18. The molecule has 1 aromatic rings. The normalized spacial score (nSPS) is 25.4. The Balaban J connectivity index is 1.45. The minimum absolute atomic E-state index is 0.293. The lowest BCUT2D eigenvalue weighted by Gasteiger charge is -2.32. The van der Waals surface area contributed by atoms with Crippen LogP contribution < -0.4 is 10.2 Å². The standard InChI is InChI=1S/C18H27N3O/c1-15-14-21(9-10-22-15)18-8-7-17(13-20-18)12-19-11-16-5-3-2-4-6-16/h2-3,7-8,13,15-16,19H,4-6,9-12,14H2,1H3/t15-,16+/m0/s1. The summed E-state index contributed by atoms with van der Waals surface area (Å²) in [6.07, 6.45) is 10.7. The lowest BCUT2D eigenvalue weighted by molar-refractivity contribution is 0.0529. The Hall–Kier alpha value is -1.39. The van der Waals surface area contributed by atoms with Crippen LogP contribution in [0.4, 0.5) is 5.82 Å². The van der Waals surface area contributed by atoms with Crippen LogP contribution in [0.2, 0.25) is 0 Å². The highest BCUT2D eigenvalue weighted by atomic mass is 16.5. The van der Waals surface area contributed by atoms with Crippen molar-refractivity contribution in [3.8, 4) is 0 Å². The quantitative estimate of drug-likeness (QED) is 0.849. The van der Waals surface area contributed by atoms with Gasteiger partial charge in [-0.15, -0.1) is 0 Å². The molecule has 120 valence electrons. The van der Waals surface area contributed by atoms with E-state index >= 15 is 0 Å². The van der Waals surface area contributed by atoms with Gasteiger partial charge in [-0.3, -0.25) is 0 Å². The van der Waals surface area contributed by atoms with E-state index in [4.69, 9.17) is 4.74 Å². The largest absolute Gasteiger partial charge is 0.375 e. The summed E-state index contributed by atoms with van der Waals surface area (Å²) in [6, 6.07) is 4.33. The molecule has 2 heterocycles. The Morgan fingerprint density at radius 3 is 3.05 bits per heavy atom. The predicted molar refractivity (Wildman–Crippen MR) is 90.1 cm³/mol. The molecule has 4 heteroatoms. The molecule has 1 aromatic heterocycles. The van der Waals surface area contributed by atoms with Gasteiger partial charge in [0.15, 0.2) is 0 Å². The second kappa shape index (κ2) is 7.75. The third-order valence-corrected chi connectivity index (χ3v) is 4.51. The average molecular weight is 301 g/mol. The molecule has 2 atom stereocenters. The summed E-state index contributed by atoms with van der Waals surface area (Å²) in [4.78, 5) is 6.93. The summed E-state index contributed by atoms with van der Waals surface area (Å²) in [6.45, 7) is 6.79. The van der Waals surface area contributed by atoms with E-state index in [1.54, 1.807) is 0 Å². The lowest BCUT2D eigenvalue weighted by atomic mass is 9.94. The molecule has 4 nitrogen and oxygen atoms in total. The van der Waals surface area contributed by atoms with Gasteiger partial charge in [-0.05, 0) is 50.3 Å². The molecule has 0 bridgehead atoms. The third kappa shape index (κ3) is 4.31. The van der Waals surface area contributed by atoms with E-state index in [-0.39, 0.29) is 0 Å². The van der Waals surface area contributed by atoms with Crippen LogP contribution in [0.3, 0.4) is 0 Å². The van der Waals surface area contributed by atoms with Crippen molar-refractivity contribution in [1.29, 1.82) is 0 Å². The number of hydrogen-bond donors (Lipinski definition) is 1. The zero-order chi connectivity index (χ0) is 15.2. The van der Waals surface area contributed by atoms with Gasteiger partial charge in [-0.2, -0.15) is 0 Å². The van der Waals surface area contributed by atoms with Gasteiger partial charge in [0.1, 0.15) is 5.82 Å². The molecule has 1 aliphatic carbocycles. The fourth-order valence-corrected chi connectivity index (χ4v) is 3.20. The number of nitrogens with zero attached hydrogens (tertiary/aromatic N) is 2. The van der Waals surface area contributed by atoms with Gasteiger partial charge >= 0.3 is 0 Å². The summed E-state index contributed by atoms with van der Waals surface area (Å²) in [5, 5.41) is 3.57. The summed E-state index contributed by atoms with van der Waals surface area (Å²) >= 11 is 0. The van der Waals surface area contributed by atoms with E-state index < -0.39 is 0 Å². The number of pyridine rings is 1. The van der Waals surface area contributed by atoms with Crippen molar-refractivity contribution >= 4 is 5.82 Å².